The number of esters is 2. The molecule has 12 unspecified atom stereocenters. The van der Waals surface area contributed by atoms with Crippen molar-refractivity contribution in [3.63, 3.8) is 0 Å². The lowest BCUT2D eigenvalue weighted by Crippen LogP contribution is -2.58. The van der Waals surface area contributed by atoms with Crippen molar-refractivity contribution in [3.05, 3.63) is 47.8 Å². The van der Waals surface area contributed by atoms with Gasteiger partial charge in [-0.2, -0.15) is 0 Å². The molecule has 0 aromatic carbocycles. The Morgan fingerprint density at radius 2 is 2.00 bits per heavy atom. The number of cyclic esters (lactones) is 1. The summed E-state index contributed by atoms with van der Waals surface area (Å²) in [4.78, 5) is 29.5. The molecule has 0 radical (unpaired) electrons. The number of aliphatic hydroxyl groups excluding tert-OH is 2. The van der Waals surface area contributed by atoms with Crippen molar-refractivity contribution in [2.75, 3.05) is 27.4 Å². The molecule has 2 aliphatic carbocycles. The van der Waals surface area contributed by atoms with Crippen LogP contribution in [0.1, 0.15) is 31.3 Å². The summed E-state index contributed by atoms with van der Waals surface area (Å²) in [5, 5.41) is 22.6. The number of H-pyrrole nitrogens is 1. The first-order valence-electron chi connectivity index (χ1n) is 13.6. The van der Waals surface area contributed by atoms with E-state index < -0.39 is 65.8 Å². The lowest BCUT2D eigenvalue weighted by molar-refractivity contribution is -0.173. The van der Waals surface area contributed by atoms with Crippen molar-refractivity contribution in [1.82, 2.24) is 4.98 Å². The molecule has 1 saturated carbocycles. The third-order valence-electron chi connectivity index (χ3n) is 9.16. The fourth-order valence-electron chi connectivity index (χ4n) is 7.39. The summed E-state index contributed by atoms with van der Waals surface area (Å²) in [6.45, 7) is 5.75. The normalized spacial score (nSPS) is 41.9. The van der Waals surface area contributed by atoms with Crippen LogP contribution in [0.5, 0.6) is 0 Å². The minimum atomic E-state index is -1.07. The van der Waals surface area contributed by atoms with Gasteiger partial charge in [0, 0.05) is 50.0 Å². The Morgan fingerprint density at radius 3 is 2.67 bits per heavy atom. The monoisotopic (exact) mass is 545 g/mol. The highest BCUT2D eigenvalue weighted by atomic mass is 16.6. The molecule has 2 fully saturated rings. The van der Waals surface area contributed by atoms with E-state index in [0.717, 1.165) is 5.57 Å². The molecular formula is C29H39NO9. The highest BCUT2D eigenvalue weighted by Gasteiger charge is 2.70. The van der Waals surface area contributed by atoms with Gasteiger partial charge in [-0.25, -0.2) is 4.79 Å². The number of rotatable bonds is 7. The maximum atomic E-state index is 13.7. The van der Waals surface area contributed by atoms with E-state index in [-0.39, 0.29) is 31.0 Å². The van der Waals surface area contributed by atoms with E-state index in [0.29, 0.717) is 5.69 Å². The summed E-state index contributed by atoms with van der Waals surface area (Å²) in [5.74, 6) is -3.72. The van der Waals surface area contributed by atoms with Crippen molar-refractivity contribution in [2.45, 2.75) is 56.9 Å². The van der Waals surface area contributed by atoms with Crippen LogP contribution in [0.2, 0.25) is 0 Å². The maximum Gasteiger partial charge on any atom is 0.355 e. The van der Waals surface area contributed by atoms with Crippen molar-refractivity contribution < 1.29 is 43.5 Å². The highest BCUT2D eigenvalue weighted by Crippen LogP contribution is 2.61. The molecule has 3 N–H and O–H groups in total. The molecule has 12 atom stereocenters. The van der Waals surface area contributed by atoms with Gasteiger partial charge in [0.25, 0.3) is 0 Å². The number of carbonyl (C=O) groups excluding carboxylic acids is 2. The fraction of sp³-hybridized carbons (Fsp3) is 0.655. The Balaban J connectivity index is 1.59. The van der Waals surface area contributed by atoms with Crippen molar-refractivity contribution in [3.8, 4) is 0 Å². The lowest BCUT2D eigenvalue weighted by atomic mass is 9.56. The van der Waals surface area contributed by atoms with E-state index in [1.807, 2.05) is 39.0 Å². The van der Waals surface area contributed by atoms with Gasteiger partial charge in [-0.3, -0.25) is 4.79 Å². The lowest BCUT2D eigenvalue weighted by Gasteiger charge is -2.49. The van der Waals surface area contributed by atoms with Crippen LogP contribution in [-0.2, 0) is 28.5 Å². The number of aromatic nitrogens is 1. The average Bonchev–Trinajstić information content (AvgIpc) is 3.51. The third-order valence-corrected chi connectivity index (χ3v) is 9.16. The van der Waals surface area contributed by atoms with Gasteiger partial charge in [-0.1, -0.05) is 32.1 Å². The largest absolute Gasteiger partial charge is 0.459 e. The van der Waals surface area contributed by atoms with Gasteiger partial charge in [0.1, 0.15) is 35.7 Å². The second-order valence-electron chi connectivity index (χ2n) is 11.4. The van der Waals surface area contributed by atoms with Crippen LogP contribution >= 0.6 is 0 Å². The van der Waals surface area contributed by atoms with Gasteiger partial charge >= 0.3 is 11.9 Å². The number of aliphatic hydroxyl groups is 2. The van der Waals surface area contributed by atoms with Gasteiger partial charge in [0.15, 0.2) is 0 Å². The van der Waals surface area contributed by atoms with E-state index in [4.69, 9.17) is 23.7 Å². The first kappa shape index (κ1) is 28.0. The smallest absolute Gasteiger partial charge is 0.355 e. The molecule has 214 valence electrons. The molecule has 39 heavy (non-hydrogen) atoms. The molecule has 4 aliphatic rings. The fourth-order valence-corrected chi connectivity index (χ4v) is 7.39. The van der Waals surface area contributed by atoms with Crippen LogP contribution in [0.3, 0.4) is 0 Å². The number of hydrogen-bond acceptors (Lipinski definition) is 9. The van der Waals surface area contributed by atoms with E-state index in [1.165, 1.54) is 14.2 Å². The molecule has 1 aromatic heterocycles. The molecule has 5 rings (SSSR count). The van der Waals surface area contributed by atoms with E-state index in [2.05, 4.69) is 4.98 Å². The van der Waals surface area contributed by atoms with E-state index in [9.17, 15) is 19.8 Å². The van der Waals surface area contributed by atoms with Gasteiger partial charge in [-0.05, 0) is 24.6 Å². The summed E-state index contributed by atoms with van der Waals surface area (Å²) in [7, 11) is 3.00. The minimum absolute atomic E-state index is 0.00591. The molecule has 2 aliphatic heterocycles. The Morgan fingerprint density at radius 1 is 1.23 bits per heavy atom. The second kappa shape index (κ2) is 10.8. The predicted molar refractivity (Wildman–Crippen MR) is 138 cm³/mol. The first-order chi connectivity index (χ1) is 18.6. The molecule has 1 saturated heterocycles. The zero-order chi connectivity index (χ0) is 28.1. The van der Waals surface area contributed by atoms with Crippen molar-refractivity contribution >= 4 is 11.9 Å². The summed E-state index contributed by atoms with van der Waals surface area (Å²) in [6.07, 6.45) is 3.57. The number of carbonyl (C=O) groups is 2. The molecule has 1 aromatic rings. The number of ether oxygens (including phenoxy) is 5. The zero-order valence-corrected chi connectivity index (χ0v) is 23.0. The molecule has 0 amide bonds. The van der Waals surface area contributed by atoms with Crippen LogP contribution in [0.4, 0.5) is 0 Å². The number of hydrogen-bond donors (Lipinski definition) is 3. The third kappa shape index (κ3) is 4.46. The molecular weight excluding hydrogens is 506 g/mol. The van der Waals surface area contributed by atoms with Crippen LogP contribution in [0.25, 0.3) is 0 Å². The quantitative estimate of drug-likeness (QED) is 0.347. The Hall–Kier alpha value is -2.50. The molecule has 1 spiro atoms. The van der Waals surface area contributed by atoms with E-state index >= 15 is 0 Å². The molecule has 3 heterocycles. The highest BCUT2D eigenvalue weighted by molar-refractivity contribution is 5.87. The van der Waals surface area contributed by atoms with Crippen LogP contribution < -0.4 is 0 Å². The Labute approximate surface area is 228 Å². The zero-order valence-electron chi connectivity index (χ0n) is 23.0. The van der Waals surface area contributed by atoms with E-state index in [1.54, 1.807) is 18.3 Å². The van der Waals surface area contributed by atoms with Crippen LogP contribution in [0, 0.1) is 35.5 Å². The van der Waals surface area contributed by atoms with Gasteiger partial charge in [0.2, 0.25) is 0 Å². The minimum Gasteiger partial charge on any atom is -0.459 e. The van der Waals surface area contributed by atoms with Crippen molar-refractivity contribution in [2.24, 2.45) is 35.5 Å². The Bertz CT molecular complexity index is 1120. The topological polar surface area (TPSA) is 137 Å². The Kier molecular flexibility index (Phi) is 7.78. The maximum absolute atomic E-state index is 13.7. The summed E-state index contributed by atoms with van der Waals surface area (Å²) in [5.41, 5.74) is 0.0869. The SMILES string of the molecule is COCC(O)C1OC(=O)C(COC)C2C=CC3C4OC2(C(C)=CC1C)C3C(O)C(C)C4OC(=O)c1ccc[nH]1. The predicted octanol–water partition coefficient (Wildman–Crippen LogP) is 1.88. The molecule has 10 nitrogen and oxygen atoms in total. The van der Waals surface area contributed by atoms with Crippen LogP contribution in [-0.4, -0.2) is 90.7 Å². The van der Waals surface area contributed by atoms with Gasteiger partial charge < -0.3 is 38.9 Å². The first-order valence-corrected chi connectivity index (χ1v) is 13.6. The summed E-state index contributed by atoms with van der Waals surface area (Å²) in [6, 6.07) is 3.36. The number of nitrogens with one attached hydrogen (secondary N) is 1. The summed E-state index contributed by atoms with van der Waals surface area (Å²) < 4.78 is 29.5. The van der Waals surface area contributed by atoms with Gasteiger partial charge in [0.05, 0.1) is 25.2 Å². The second-order valence-corrected chi connectivity index (χ2v) is 11.4. The van der Waals surface area contributed by atoms with Crippen LogP contribution in [0.15, 0.2) is 42.1 Å². The molecule has 10 heteroatoms. The van der Waals surface area contributed by atoms with Gasteiger partial charge in [-0.15, -0.1) is 0 Å². The number of methoxy groups -OCH3 is 2. The molecule has 4 bridgehead atoms. The average molecular weight is 546 g/mol. The number of aromatic amines is 1. The standard InChI is InChI=1S/C29H39NO9/c1-14-11-15(2)29-19(18(12-35-4)27(33)37-24(14)21(31)13-36-5)9-8-17-22(29)23(32)16(3)25(26(17)39-29)38-28(34)20-7-6-10-30-20/h6-11,14,16-19,21-26,30-32H,12-13H2,1-5H3. The summed E-state index contributed by atoms with van der Waals surface area (Å²) >= 11 is 0. The van der Waals surface area contributed by atoms with Crippen molar-refractivity contribution in [1.29, 1.82) is 0 Å².